The van der Waals surface area contributed by atoms with Gasteiger partial charge in [0.25, 0.3) is 0 Å². The molecule has 1 N–H and O–H groups in total. The Hall–Kier alpha value is -1.61. The first kappa shape index (κ1) is 17.7. The normalized spacial score (nSPS) is 27.4. The molecule has 0 saturated heterocycles. The predicted octanol–water partition coefficient (Wildman–Crippen LogP) is 5.29. The van der Waals surface area contributed by atoms with E-state index in [9.17, 15) is 9.90 Å². The maximum absolute atomic E-state index is 12.3. The van der Waals surface area contributed by atoms with Crippen LogP contribution in [0.25, 0.3) is 0 Å². The molecule has 23 heavy (non-hydrogen) atoms. The van der Waals surface area contributed by atoms with Crippen LogP contribution in [0, 0.1) is 17.8 Å². The zero-order valence-corrected chi connectivity index (χ0v) is 14.6. The first-order chi connectivity index (χ1) is 10.9. The van der Waals surface area contributed by atoms with Crippen LogP contribution in [0.1, 0.15) is 45.6 Å². The van der Waals surface area contributed by atoms with Gasteiger partial charge in [0.2, 0.25) is 0 Å². The SMILES string of the molecule is C=C[N+](Cc1ccccc1)(C(=O)O)C1C[C@H](C)CCC1C(C)C. The van der Waals surface area contributed by atoms with Crippen LogP contribution in [-0.2, 0) is 6.54 Å². The van der Waals surface area contributed by atoms with Crippen LogP contribution >= 0.6 is 0 Å². The summed E-state index contributed by atoms with van der Waals surface area (Å²) in [5.74, 6) is 1.48. The molecule has 1 aliphatic carbocycles. The highest BCUT2D eigenvalue weighted by atomic mass is 16.4. The molecule has 0 aromatic heterocycles. The number of hydrogen-bond acceptors (Lipinski definition) is 1. The van der Waals surface area contributed by atoms with Crippen LogP contribution in [0.5, 0.6) is 0 Å². The molecular weight excluding hydrogens is 286 g/mol. The van der Waals surface area contributed by atoms with Crippen LogP contribution in [0.4, 0.5) is 4.79 Å². The molecule has 1 aromatic rings. The van der Waals surface area contributed by atoms with Crippen molar-refractivity contribution in [2.24, 2.45) is 17.8 Å². The standard InChI is InChI=1S/C20H29NO2/c1-5-21(20(22)23,14-17-9-7-6-8-10-17)19-13-16(4)11-12-18(19)15(2)3/h5-10,15-16,18-19H,1,11-14H2,2-4H3/p+1/t16-,18?,19?,21?/m1/s1. The molecule has 2 rings (SSSR count). The van der Waals surface area contributed by atoms with E-state index in [2.05, 4.69) is 27.4 Å². The van der Waals surface area contributed by atoms with Crippen LogP contribution in [0.2, 0.25) is 0 Å². The van der Waals surface area contributed by atoms with Gasteiger partial charge in [-0.1, -0.05) is 51.1 Å². The number of carbonyl (C=O) groups is 1. The van der Waals surface area contributed by atoms with Crippen molar-refractivity contribution < 1.29 is 14.4 Å². The van der Waals surface area contributed by atoms with Crippen LogP contribution in [0.3, 0.4) is 0 Å². The highest BCUT2D eigenvalue weighted by Crippen LogP contribution is 2.41. The molecule has 0 bridgehead atoms. The summed E-state index contributed by atoms with van der Waals surface area (Å²) >= 11 is 0. The topological polar surface area (TPSA) is 37.3 Å². The first-order valence-electron chi connectivity index (χ1n) is 8.69. The summed E-state index contributed by atoms with van der Waals surface area (Å²) in [7, 11) is 0. The maximum Gasteiger partial charge on any atom is 0.518 e. The van der Waals surface area contributed by atoms with Crippen molar-refractivity contribution in [3.05, 3.63) is 48.7 Å². The summed E-state index contributed by atoms with van der Waals surface area (Å²) < 4.78 is -0.0583. The second kappa shape index (κ2) is 7.31. The number of rotatable bonds is 5. The van der Waals surface area contributed by atoms with Gasteiger partial charge in [0, 0.05) is 17.9 Å². The fourth-order valence-electron chi connectivity index (χ4n) is 4.17. The minimum Gasteiger partial charge on any atom is -0.435 e. The second-order valence-corrected chi connectivity index (χ2v) is 7.43. The molecule has 0 heterocycles. The largest absolute Gasteiger partial charge is 0.518 e. The van der Waals surface area contributed by atoms with Crippen molar-refractivity contribution in [1.29, 1.82) is 0 Å². The third-order valence-corrected chi connectivity index (χ3v) is 5.55. The Bertz CT molecular complexity index is 540. The Balaban J connectivity index is 2.42. The molecule has 1 fully saturated rings. The van der Waals surface area contributed by atoms with E-state index in [-0.39, 0.29) is 10.5 Å². The fourth-order valence-corrected chi connectivity index (χ4v) is 4.17. The minimum atomic E-state index is -0.784. The molecule has 0 spiro atoms. The molecule has 0 radical (unpaired) electrons. The quantitative estimate of drug-likeness (QED) is 0.750. The van der Waals surface area contributed by atoms with E-state index in [1.165, 1.54) is 6.42 Å². The lowest BCUT2D eigenvalue weighted by molar-refractivity contribution is -0.853. The number of benzene rings is 1. The van der Waals surface area contributed by atoms with E-state index < -0.39 is 6.09 Å². The van der Waals surface area contributed by atoms with Crippen molar-refractivity contribution in [3.63, 3.8) is 0 Å². The van der Waals surface area contributed by atoms with Gasteiger partial charge in [0.15, 0.2) is 0 Å². The van der Waals surface area contributed by atoms with Crippen molar-refractivity contribution in [2.45, 2.75) is 52.6 Å². The lowest BCUT2D eigenvalue weighted by atomic mass is 9.72. The van der Waals surface area contributed by atoms with Gasteiger partial charge in [0.05, 0.1) is 6.20 Å². The van der Waals surface area contributed by atoms with Crippen molar-refractivity contribution in [3.8, 4) is 0 Å². The molecule has 3 unspecified atom stereocenters. The zero-order valence-electron chi connectivity index (χ0n) is 14.6. The lowest BCUT2D eigenvalue weighted by Crippen LogP contribution is -2.59. The summed E-state index contributed by atoms with van der Waals surface area (Å²) in [6, 6.07) is 10.0. The summed E-state index contributed by atoms with van der Waals surface area (Å²) in [4.78, 5) is 12.3. The molecule has 0 aliphatic heterocycles. The smallest absolute Gasteiger partial charge is 0.435 e. The van der Waals surface area contributed by atoms with E-state index in [1.807, 2.05) is 30.3 Å². The number of nitrogens with zero attached hydrogens (tertiary/aromatic N) is 1. The highest BCUT2D eigenvalue weighted by Gasteiger charge is 2.49. The molecule has 1 aliphatic rings. The zero-order chi connectivity index (χ0) is 17.0. The Labute approximate surface area is 140 Å². The average Bonchev–Trinajstić information content (AvgIpc) is 2.53. The molecule has 1 amide bonds. The number of amides is 1. The summed E-state index contributed by atoms with van der Waals surface area (Å²) in [6.45, 7) is 11.1. The lowest BCUT2D eigenvalue weighted by Gasteiger charge is -2.45. The van der Waals surface area contributed by atoms with Gasteiger partial charge in [-0.25, -0.2) is 0 Å². The number of hydrogen-bond donors (Lipinski definition) is 1. The summed E-state index contributed by atoms with van der Waals surface area (Å²) in [5.41, 5.74) is 1.05. The Morgan fingerprint density at radius 3 is 2.52 bits per heavy atom. The van der Waals surface area contributed by atoms with Crippen molar-refractivity contribution in [1.82, 2.24) is 0 Å². The molecule has 1 aromatic carbocycles. The number of carboxylic acid groups (broad SMARTS) is 1. The third-order valence-electron chi connectivity index (χ3n) is 5.55. The van der Waals surface area contributed by atoms with Gasteiger partial charge in [-0.05, 0) is 31.3 Å². The van der Waals surface area contributed by atoms with E-state index in [4.69, 9.17) is 0 Å². The Kier molecular flexibility index (Phi) is 5.64. The summed E-state index contributed by atoms with van der Waals surface area (Å²) in [5, 5.41) is 10.1. The monoisotopic (exact) mass is 316 g/mol. The van der Waals surface area contributed by atoms with E-state index in [0.29, 0.717) is 24.3 Å². The van der Waals surface area contributed by atoms with Crippen LogP contribution in [-0.4, -0.2) is 21.7 Å². The number of quaternary nitrogens is 1. The van der Waals surface area contributed by atoms with Crippen LogP contribution < -0.4 is 0 Å². The third kappa shape index (κ3) is 3.66. The van der Waals surface area contributed by atoms with Gasteiger partial charge in [-0.15, -0.1) is 0 Å². The van der Waals surface area contributed by atoms with Crippen molar-refractivity contribution >= 4 is 6.09 Å². The van der Waals surface area contributed by atoms with E-state index in [1.54, 1.807) is 6.20 Å². The molecular formula is C20H30NO2+. The second-order valence-electron chi connectivity index (χ2n) is 7.43. The van der Waals surface area contributed by atoms with Gasteiger partial charge in [-0.3, -0.25) is 0 Å². The molecule has 3 nitrogen and oxygen atoms in total. The molecule has 1 saturated carbocycles. The molecule has 4 atom stereocenters. The predicted molar refractivity (Wildman–Crippen MR) is 93.8 cm³/mol. The maximum atomic E-state index is 12.3. The highest BCUT2D eigenvalue weighted by molar-refractivity contribution is 5.58. The molecule has 3 heteroatoms. The van der Waals surface area contributed by atoms with Gasteiger partial charge < -0.3 is 5.11 Å². The van der Waals surface area contributed by atoms with Crippen molar-refractivity contribution in [2.75, 3.05) is 0 Å². The fraction of sp³-hybridized carbons (Fsp3) is 0.550. The average molecular weight is 316 g/mol. The molecule has 126 valence electrons. The minimum absolute atomic E-state index is 0.0583. The van der Waals surface area contributed by atoms with Gasteiger partial charge >= 0.3 is 6.09 Å². The van der Waals surface area contributed by atoms with Crippen LogP contribution in [0.15, 0.2) is 43.1 Å². The Morgan fingerprint density at radius 2 is 2.00 bits per heavy atom. The van der Waals surface area contributed by atoms with E-state index >= 15 is 0 Å². The first-order valence-corrected chi connectivity index (χ1v) is 8.69. The van der Waals surface area contributed by atoms with Gasteiger partial charge in [0.1, 0.15) is 12.6 Å². The summed E-state index contributed by atoms with van der Waals surface area (Å²) in [6.07, 6.45) is 4.14. The van der Waals surface area contributed by atoms with Gasteiger partial charge in [-0.2, -0.15) is 9.28 Å². The van der Waals surface area contributed by atoms with E-state index in [0.717, 1.165) is 18.4 Å². The Morgan fingerprint density at radius 1 is 1.35 bits per heavy atom.